The molecule has 1 fully saturated rings. The first-order valence-corrected chi connectivity index (χ1v) is 12.3. The normalized spacial score (nSPS) is 23.0. The highest BCUT2D eigenvalue weighted by Gasteiger charge is 2.40. The first-order valence-electron chi connectivity index (χ1n) is 12.3. The summed E-state index contributed by atoms with van der Waals surface area (Å²) in [6, 6.07) is 20.9. The zero-order chi connectivity index (χ0) is 22.4. The van der Waals surface area contributed by atoms with Crippen LogP contribution >= 0.6 is 0 Å². The zero-order valence-corrected chi connectivity index (χ0v) is 19.7. The van der Waals surface area contributed by atoms with Crippen LogP contribution in [0.25, 0.3) is 0 Å². The molecule has 0 heterocycles. The average Bonchev–Trinajstić information content (AvgIpc) is 3.17. The van der Waals surface area contributed by atoms with Gasteiger partial charge in [0.25, 0.3) is 0 Å². The minimum absolute atomic E-state index is 0.442. The second-order valence-electron chi connectivity index (χ2n) is 9.05. The molecular weight excluding hydrogens is 392 g/mol. The summed E-state index contributed by atoms with van der Waals surface area (Å²) >= 11 is 0. The third kappa shape index (κ3) is 7.76. The highest BCUT2D eigenvalue weighted by Crippen LogP contribution is 2.43. The van der Waals surface area contributed by atoms with Crippen molar-refractivity contribution in [2.75, 3.05) is 13.2 Å². The Morgan fingerprint density at radius 1 is 0.812 bits per heavy atom. The molecule has 1 aliphatic carbocycles. The molecule has 0 unspecified atom stereocenters. The second-order valence-corrected chi connectivity index (χ2v) is 9.05. The Labute approximate surface area is 195 Å². The zero-order valence-electron chi connectivity index (χ0n) is 19.7. The molecule has 2 aromatic carbocycles. The third-order valence-electron chi connectivity index (χ3n) is 6.70. The van der Waals surface area contributed by atoms with E-state index in [9.17, 15) is 0 Å². The number of hydrogen-bond acceptors (Lipinski definition) is 2. The molecule has 0 amide bonds. The summed E-state index contributed by atoms with van der Waals surface area (Å²) in [5, 5.41) is 0. The average molecular weight is 433 g/mol. The predicted octanol–water partition coefficient (Wildman–Crippen LogP) is 7.61. The van der Waals surface area contributed by atoms with Crippen molar-refractivity contribution in [1.82, 2.24) is 0 Å². The molecule has 1 saturated carbocycles. The van der Waals surface area contributed by atoms with Crippen LogP contribution in [0.5, 0.6) is 0 Å². The third-order valence-corrected chi connectivity index (χ3v) is 6.70. The molecule has 0 spiro atoms. The predicted molar refractivity (Wildman–Crippen MR) is 134 cm³/mol. The summed E-state index contributed by atoms with van der Waals surface area (Å²) < 4.78 is 12.5. The second kappa shape index (κ2) is 14.1. The lowest BCUT2D eigenvalue weighted by molar-refractivity contribution is 0.0203. The number of benzene rings is 2. The lowest BCUT2D eigenvalue weighted by atomic mass is 9.87. The van der Waals surface area contributed by atoms with Crippen molar-refractivity contribution in [2.45, 2.75) is 52.2 Å². The maximum atomic E-state index is 6.24. The molecule has 2 nitrogen and oxygen atoms in total. The topological polar surface area (TPSA) is 18.5 Å². The molecule has 2 aromatic rings. The van der Waals surface area contributed by atoms with E-state index < -0.39 is 0 Å². The van der Waals surface area contributed by atoms with Gasteiger partial charge in [-0.15, -0.1) is 6.58 Å². The molecule has 172 valence electrons. The molecule has 0 bridgehead atoms. The number of ether oxygens (including phenoxy) is 2. The quantitative estimate of drug-likeness (QED) is 0.226. The molecule has 3 rings (SSSR count). The maximum Gasteiger partial charge on any atom is 0.0717 e. The van der Waals surface area contributed by atoms with Crippen molar-refractivity contribution in [2.24, 2.45) is 23.7 Å². The molecule has 2 heteroatoms. The van der Waals surface area contributed by atoms with Crippen LogP contribution in [-0.2, 0) is 22.7 Å². The van der Waals surface area contributed by atoms with E-state index in [1.807, 2.05) is 6.07 Å². The SMILES string of the molecule is C=C[C@@H]1C[C@H](/C=C/CCCCC)[C@H](COCc2ccccc2)[C@@H]1COCc1ccccc1. The van der Waals surface area contributed by atoms with E-state index >= 15 is 0 Å². The summed E-state index contributed by atoms with van der Waals surface area (Å²) in [7, 11) is 0. The van der Waals surface area contributed by atoms with Crippen molar-refractivity contribution in [3.8, 4) is 0 Å². The van der Waals surface area contributed by atoms with Crippen LogP contribution in [0.1, 0.15) is 50.2 Å². The van der Waals surface area contributed by atoms with Gasteiger partial charge in [0.2, 0.25) is 0 Å². The number of hydrogen-bond donors (Lipinski definition) is 0. The molecule has 0 N–H and O–H groups in total. The summed E-state index contributed by atoms with van der Waals surface area (Å²) in [5.74, 6) is 1.90. The number of unbranched alkanes of at least 4 members (excludes halogenated alkanes) is 3. The van der Waals surface area contributed by atoms with Gasteiger partial charge in [0.05, 0.1) is 26.4 Å². The first kappa shape index (κ1) is 24.5. The summed E-state index contributed by atoms with van der Waals surface area (Å²) in [6.07, 6.45) is 13.2. The standard InChI is InChI=1S/C30H40O2/c1-3-5-6-7-14-19-28-20-27(4-2)29(23-31-21-25-15-10-8-11-16-25)30(28)24-32-22-26-17-12-9-13-18-26/h4,8-19,27-30H,2-3,5-7,20-24H2,1H3/b19-14+/t27-,28+,29-,30+/m1/s1. The number of rotatable bonds is 14. The monoisotopic (exact) mass is 432 g/mol. The van der Waals surface area contributed by atoms with Crippen LogP contribution in [0.2, 0.25) is 0 Å². The largest absolute Gasteiger partial charge is 0.376 e. The van der Waals surface area contributed by atoms with E-state index in [4.69, 9.17) is 9.47 Å². The Morgan fingerprint density at radius 3 is 1.91 bits per heavy atom. The molecule has 0 saturated heterocycles. The number of allylic oxidation sites excluding steroid dienone is 3. The van der Waals surface area contributed by atoms with Crippen LogP contribution in [0, 0.1) is 23.7 Å². The van der Waals surface area contributed by atoms with E-state index in [0.29, 0.717) is 36.9 Å². The molecule has 1 aliphatic rings. The van der Waals surface area contributed by atoms with Gasteiger partial charge in [-0.25, -0.2) is 0 Å². The summed E-state index contributed by atoms with van der Waals surface area (Å²) in [4.78, 5) is 0. The van der Waals surface area contributed by atoms with Crippen molar-refractivity contribution in [3.05, 3.63) is 96.6 Å². The Bertz CT molecular complexity index is 783. The Kier molecular flexibility index (Phi) is 10.8. The fraction of sp³-hybridized carbons (Fsp3) is 0.467. The van der Waals surface area contributed by atoms with Crippen molar-refractivity contribution < 1.29 is 9.47 Å². The minimum Gasteiger partial charge on any atom is -0.376 e. The lowest BCUT2D eigenvalue weighted by Crippen LogP contribution is -2.26. The Balaban J connectivity index is 1.61. The minimum atomic E-state index is 0.442. The van der Waals surface area contributed by atoms with Crippen LogP contribution in [0.3, 0.4) is 0 Å². The lowest BCUT2D eigenvalue weighted by Gasteiger charge is -2.25. The molecule has 32 heavy (non-hydrogen) atoms. The Hall–Kier alpha value is -2.16. The fourth-order valence-corrected chi connectivity index (χ4v) is 4.84. The van der Waals surface area contributed by atoms with Gasteiger partial charge >= 0.3 is 0 Å². The molecule has 0 aliphatic heterocycles. The van der Waals surface area contributed by atoms with Gasteiger partial charge in [0.15, 0.2) is 0 Å². The van der Waals surface area contributed by atoms with Gasteiger partial charge in [0.1, 0.15) is 0 Å². The van der Waals surface area contributed by atoms with Crippen molar-refractivity contribution >= 4 is 0 Å². The van der Waals surface area contributed by atoms with E-state index in [-0.39, 0.29) is 0 Å². The molecular formula is C30H40O2. The van der Waals surface area contributed by atoms with Crippen LogP contribution in [0.15, 0.2) is 85.5 Å². The van der Waals surface area contributed by atoms with Crippen LogP contribution in [-0.4, -0.2) is 13.2 Å². The van der Waals surface area contributed by atoms with E-state index in [2.05, 4.69) is 86.3 Å². The van der Waals surface area contributed by atoms with Gasteiger partial charge in [-0.3, -0.25) is 0 Å². The van der Waals surface area contributed by atoms with E-state index in [1.54, 1.807) is 0 Å². The smallest absolute Gasteiger partial charge is 0.0717 e. The van der Waals surface area contributed by atoms with Crippen LogP contribution in [0.4, 0.5) is 0 Å². The van der Waals surface area contributed by atoms with Gasteiger partial charge < -0.3 is 9.47 Å². The molecule has 4 atom stereocenters. The van der Waals surface area contributed by atoms with Gasteiger partial charge in [-0.2, -0.15) is 0 Å². The molecule has 0 aromatic heterocycles. The first-order chi connectivity index (χ1) is 15.8. The Morgan fingerprint density at radius 2 is 1.38 bits per heavy atom. The van der Waals surface area contributed by atoms with Crippen molar-refractivity contribution in [1.29, 1.82) is 0 Å². The van der Waals surface area contributed by atoms with E-state index in [0.717, 1.165) is 19.6 Å². The van der Waals surface area contributed by atoms with Crippen molar-refractivity contribution in [3.63, 3.8) is 0 Å². The maximum absolute atomic E-state index is 6.24. The highest BCUT2D eigenvalue weighted by atomic mass is 16.5. The highest BCUT2D eigenvalue weighted by molar-refractivity contribution is 5.14. The summed E-state index contributed by atoms with van der Waals surface area (Å²) in [5.41, 5.74) is 2.46. The van der Waals surface area contributed by atoms with Gasteiger partial charge in [0, 0.05) is 0 Å². The van der Waals surface area contributed by atoms with Gasteiger partial charge in [-0.05, 0) is 54.1 Å². The van der Waals surface area contributed by atoms with E-state index in [1.165, 1.54) is 36.8 Å². The van der Waals surface area contributed by atoms with Gasteiger partial charge in [-0.1, -0.05) is 98.7 Å². The fourth-order valence-electron chi connectivity index (χ4n) is 4.84. The van der Waals surface area contributed by atoms with Crippen LogP contribution < -0.4 is 0 Å². The molecule has 0 radical (unpaired) electrons. The summed E-state index contributed by atoms with van der Waals surface area (Å²) in [6.45, 7) is 9.27.